The standard InChI is InChI=1S/C14H22N4O3S2/c1-14(2,3)21-13(20)18-6-5-8(7-18)16-11(19)9-10(15)23-12(17-9)22-4/h8H,5-7,15H2,1-4H3,(H,16,19)/t8-/m0/s1. The molecule has 0 aromatic carbocycles. The number of ether oxygens (including phenoxy) is 1. The molecule has 1 aromatic heterocycles. The molecule has 0 radical (unpaired) electrons. The Balaban J connectivity index is 1.91. The Labute approximate surface area is 144 Å². The number of nitrogens with two attached hydrogens (primary N) is 1. The Hall–Kier alpha value is -1.48. The van der Waals surface area contributed by atoms with Crippen LogP contribution in [0.25, 0.3) is 0 Å². The highest BCUT2D eigenvalue weighted by Crippen LogP contribution is 2.27. The maximum absolute atomic E-state index is 12.3. The van der Waals surface area contributed by atoms with E-state index in [9.17, 15) is 9.59 Å². The number of thioether (sulfide) groups is 1. The van der Waals surface area contributed by atoms with Crippen molar-refractivity contribution in [3.8, 4) is 0 Å². The number of nitrogen functional groups attached to an aromatic ring is 1. The molecular weight excluding hydrogens is 336 g/mol. The molecule has 0 aliphatic carbocycles. The molecule has 7 nitrogen and oxygen atoms in total. The summed E-state index contributed by atoms with van der Waals surface area (Å²) in [6, 6.07) is -0.117. The summed E-state index contributed by atoms with van der Waals surface area (Å²) in [5, 5.41) is 3.30. The summed E-state index contributed by atoms with van der Waals surface area (Å²) >= 11 is 2.75. The van der Waals surface area contributed by atoms with Crippen molar-refractivity contribution in [3.05, 3.63) is 5.69 Å². The van der Waals surface area contributed by atoms with Crippen LogP contribution in [0.3, 0.4) is 0 Å². The van der Waals surface area contributed by atoms with Crippen LogP contribution in [-0.2, 0) is 4.74 Å². The van der Waals surface area contributed by atoms with Crippen LogP contribution in [0.2, 0.25) is 0 Å². The molecule has 3 N–H and O–H groups in total. The van der Waals surface area contributed by atoms with E-state index in [1.54, 1.807) is 4.90 Å². The number of anilines is 1. The second kappa shape index (κ2) is 6.96. The molecule has 0 saturated carbocycles. The lowest BCUT2D eigenvalue weighted by atomic mass is 10.2. The van der Waals surface area contributed by atoms with Crippen LogP contribution in [0.5, 0.6) is 0 Å². The van der Waals surface area contributed by atoms with Gasteiger partial charge >= 0.3 is 6.09 Å². The first kappa shape index (κ1) is 17.9. The molecule has 1 aromatic rings. The number of nitrogens with zero attached hydrogens (tertiary/aromatic N) is 2. The van der Waals surface area contributed by atoms with Gasteiger partial charge in [-0.1, -0.05) is 23.1 Å². The molecule has 0 spiro atoms. The summed E-state index contributed by atoms with van der Waals surface area (Å²) in [5.41, 5.74) is 5.57. The fourth-order valence-electron chi connectivity index (χ4n) is 2.19. The Morgan fingerprint density at radius 3 is 2.74 bits per heavy atom. The van der Waals surface area contributed by atoms with Gasteiger partial charge < -0.3 is 20.7 Å². The fourth-order valence-corrected chi connectivity index (χ4v) is 3.53. The fraction of sp³-hybridized carbons (Fsp3) is 0.643. The van der Waals surface area contributed by atoms with E-state index in [0.717, 1.165) is 4.34 Å². The third-order valence-electron chi connectivity index (χ3n) is 3.20. The number of thiazole rings is 1. The number of hydrogen-bond acceptors (Lipinski definition) is 7. The predicted octanol–water partition coefficient (Wildman–Crippen LogP) is 2.19. The van der Waals surface area contributed by atoms with Crippen LogP contribution in [0, 0.1) is 0 Å². The molecule has 9 heteroatoms. The summed E-state index contributed by atoms with van der Waals surface area (Å²) < 4.78 is 6.10. The Bertz CT molecular complexity index is 597. The SMILES string of the molecule is CSc1nc(C(=O)N[C@H]2CCN(C(=O)OC(C)(C)C)C2)c(N)s1. The molecule has 2 rings (SSSR count). The number of hydrogen-bond donors (Lipinski definition) is 2. The monoisotopic (exact) mass is 358 g/mol. The van der Waals surface area contributed by atoms with E-state index in [2.05, 4.69) is 10.3 Å². The number of carbonyl (C=O) groups excluding carboxylic acids is 2. The molecule has 0 unspecified atom stereocenters. The van der Waals surface area contributed by atoms with Gasteiger partial charge in [-0.2, -0.15) is 0 Å². The van der Waals surface area contributed by atoms with Gasteiger partial charge in [-0.25, -0.2) is 9.78 Å². The smallest absolute Gasteiger partial charge is 0.410 e. The van der Waals surface area contributed by atoms with Crippen molar-refractivity contribution >= 4 is 40.1 Å². The molecule has 23 heavy (non-hydrogen) atoms. The van der Waals surface area contributed by atoms with Crippen LogP contribution in [0.15, 0.2) is 4.34 Å². The van der Waals surface area contributed by atoms with E-state index >= 15 is 0 Å². The zero-order chi connectivity index (χ0) is 17.2. The molecular formula is C14H22N4O3S2. The minimum absolute atomic E-state index is 0.117. The topological polar surface area (TPSA) is 97.5 Å². The van der Waals surface area contributed by atoms with Crippen molar-refractivity contribution < 1.29 is 14.3 Å². The summed E-state index contributed by atoms with van der Waals surface area (Å²) in [6.07, 6.45) is 2.21. The minimum atomic E-state index is -0.526. The molecule has 128 valence electrons. The molecule has 0 bridgehead atoms. The number of likely N-dealkylation sites (tertiary alicyclic amines) is 1. The first-order chi connectivity index (χ1) is 10.7. The summed E-state index contributed by atoms with van der Waals surface area (Å²) in [5.74, 6) is -0.296. The van der Waals surface area contributed by atoms with Gasteiger partial charge in [0.25, 0.3) is 5.91 Å². The molecule has 2 amide bonds. The van der Waals surface area contributed by atoms with E-state index in [1.165, 1.54) is 23.1 Å². The second-order valence-electron chi connectivity index (χ2n) is 6.28. The van der Waals surface area contributed by atoms with Gasteiger partial charge in [0.05, 0.1) is 0 Å². The number of amides is 2. The van der Waals surface area contributed by atoms with Crippen LogP contribution >= 0.6 is 23.1 Å². The van der Waals surface area contributed by atoms with E-state index in [-0.39, 0.29) is 23.7 Å². The van der Waals surface area contributed by atoms with Gasteiger partial charge in [-0.15, -0.1) is 0 Å². The predicted molar refractivity (Wildman–Crippen MR) is 92.0 cm³/mol. The molecule has 1 atom stereocenters. The lowest BCUT2D eigenvalue weighted by molar-refractivity contribution is 0.0290. The number of carbonyl (C=O) groups is 2. The summed E-state index contributed by atoms with van der Waals surface area (Å²) in [4.78, 5) is 30.1. The van der Waals surface area contributed by atoms with Crippen LogP contribution < -0.4 is 11.1 Å². The lowest BCUT2D eigenvalue weighted by Crippen LogP contribution is -2.40. The molecule has 1 aliphatic heterocycles. The van der Waals surface area contributed by atoms with Crippen molar-refractivity contribution in [1.29, 1.82) is 0 Å². The van der Waals surface area contributed by atoms with Crippen molar-refractivity contribution in [2.45, 2.75) is 43.2 Å². The first-order valence-electron chi connectivity index (χ1n) is 7.28. The lowest BCUT2D eigenvalue weighted by Gasteiger charge is -2.24. The van der Waals surface area contributed by atoms with Crippen LogP contribution in [0.1, 0.15) is 37.7 Å². The second-order valence-corrected chi connectivity index (χ2v) is 8.37. The van der Waals surface area contributed by atoms with Crippen molar-refractivity contribution in [3.63, 3.8) is 0 Å². The quantitative estimate of drug-likeness (QED) is 0.804. The Morgan fingerprint density at radius 2 is 2.17 bits per heavy atom. The highest BCUT2D eigenvalue weighted by Gasteiger charge is 2.31. The normalized spacial score (nSPS) is 18.1. The summed E-state index contributed by atoms with van der Waals surface area (Å²) in [6.45, 7) is 6.47. The molecule has 1 fully saturated rings. The third kappa shape index (κ3) is 4.74. The van der Waals surface area contributed by atoms with Crippen molar-refractivity contribution in [1.82, 2.24) is 15.2 Å². The highest BCUT2D eigenvalue weighted by molar-refractivity contribution is 8.00. The van der Waals surface area contributed by atoms with Gasteiger partial charge in [0.15, 0.2) is 10.0 Å². The molecule has 2 heterocycles. The average molecular weight is 358 g/mol. The van der Waals surface area contributed by atoms with Crippen molar-refractivity contribution in [2.75, 3.05) is 25.1 Å². The van der Waals surface area contributed by atoms with E-state index < -0.39 is 5.60 Å². The third-order valence-corrected chi connectivity index (χ3v) is 5.07. The van der Waals surface area contributed by atoms with Gasteiger partial charge in [-0.05, 0) is 33.4 Å². The maximum Gasteiger partial charge on any atom is 0.410 e. The van der Waals surface area contributed by atoms with Gasteiger partial charge in [0.2, 0.25) is 0 Å². The highest BCUT2D eigenvalue weighted by atomic mass is 32.2. The largest absolute Gasteiger partial charge is 0.444 e. The molecule has 1 saturated heterocycles. The Morgan fingerprint density at radius 1 is 1.48 bits per heavy atom. The number of nitrogens with one attached hydrogen (secondary N) is 1. The van der Waals surface area contributed by atoms with Gasteiger partial charge in [0, 0.05) is 19.1 Å². The van der Waals surface area contributed by atoms with Gasteiger partial charge in [0.1, 0.15) is 10.6 Å². The minimum Gasteiger partial charge on any atom is -0.444 e. The summed E-state index contributed by atoms with van der Waals surface area (Å²) in [7, 11) is 0. The van der Waals surface area contributed by atoms with Crippen LogP contribution in [-0.4, -0.2) is 52.9 Å². The van der Waals surface area contributed by atoms with Crippen molar-refractivity contribution in [2.24, 2.45) is 0 Å². The van der Waals surface area contributed by atoms with Gasteiger partial charge in [-0.3, -0.25) is 4.79 Å². The zero-order valence-corrected chi connectivity index (χ0v) is 15.3. The first-order valence-corrected chi connectivity index (χ1v) is 9.33. The van der Waals surface area contributed by atoms with E-state index in [0.29, 0.717) is 24.5 Å². The van der Waals surface area contributed by atoms with E-state index in [4.69, 9.17) is 10.5 Å². The number of aromatic nitrogens is 1. The average Bonchev–Trinajstić information content (AvgIpc) is 3.03. The van der Waals surface area contributed by atoms with Crippen LogP contribution in [0.4, 0.5) is 9.80 Å². The zero-order valence-electron chi connectivity index (χ0n) is 13.7. The maximum atomic E-state index is 12.3. The Kier molecular flexibility index (Phi) is 5.41. The van der Waals surface area contributed by atoms with E-state index in [1.807, 2.05) is 27.0 Å². The molecule has 1 aliphatic rings. The number of rotatable bonds is 3.